The van der Waals surface area contributed by atoms with Gasteiger partial charge >= 0.3 is 6.61 Å². The summed E-state index contributed by atoms with van der Waals surface area (Å²) in [5.74, 6) is 1.07. The maximum Gasteiger partial charge on any atom is 0.387 e. The van der Waals surface area contributed by atoms with E-state index in [2.05, 4.69) is 47.7 Å². The Morgan fingerprint density at radius 2 is 1.59 bits per heavy atom. The Hall–Kier alpha value is -1.94. The Morgan fingerprint density at radius 1 is 1.00 bits per heavy atom. The Balaban J connectivity index is 1.50. The van der Waals surface area contributed by atoms with Gasteiger partial charge in [-0.1, -0.05) is 67.4 Å². The van der Waals surface area contributed by atoms with E-state index in [1.165, 1.54) is 36.9 Å². The first-order valence-corrected chi connectivity index (χ1v) is 11.7. The van der Waals surface area contributed by atoms with Crippen LogP contribution in [0.5, 0.6) is 5.75 Å². The number of aryl methyl sites for hydroxylation is 1. The van der Waals surface area contributed by atoms with Crippen molar-refractivity contribution in [3.8, 4) is 16.9 Å². The molecule has 0 saturated carbocycles. The van der Waals surface area contributed by atoms with E-state index < -0.39 is 6.61 Å². The largest absolute Gasteiger partial charge is 0.435 e. The Bertz CT molecular complexity index is 717. The Labute approximate surface area is 162 Å². The van der Waals surface area contributed by atoms with E-state index in [1.54, 1.807) is 12.1 Å². The van der Waals surface area contributed by atoms with Crippen molar-refractivity contribution in [2.75, 3.05) is 0 Å². The van der Waals surface area contributed by atoms with Gasteiger partial charge in [0.1, 0.15) is 5.75 Å². The number of rotatable bonds is 7. The van der Waals surface area contributed by atoms with Gasteiger partial charge in [-0.2, -0.15) is 8.78 Å². The lowest BCUT2D eigenvalue weighted by Crippen LogP contribution is -2.19. The molecule has 3 rings (SSSR count). The molecule has 1 nitrogen and oxygen atoms in total. The molecule has 0 amide bonds. The summed E-state index contributed by atoms with van der Waals surface area (Å²) >= 11 is 0. The third-order valence-corrected chi connectivity index (χ3v) is 8.02. The van der Waals surface area contributed by atoms with Crippen molar-refractivity contribution in [1.82, 2.24) is 0 Å². The third kappa shape index (κ3) is 6.03. The van der Waals surface area contributed by atoms with E-state index in [0.717, 1.165) is 23.5 Å². The first-order chi connectivity index (χ1) is 13.1. The topological polar surface area (TPSA) is 9.23 Å². The summed E-state index contributed by atoms with van der Waals surface area (Å²) in [6.07, 6.45) is 7.44. The maximum absolute atomic E-state index is 12.2. The van der Waals surface area contributed by atoms with Gasteiger partial charge in [0.05, 0.1) is 8.80 Å². The summed E-state index contributed by atoms with van der Waals surface area (Å²) in [5, 5.41) is 0. The molecule has 0 spiro atoms. The van der Waals surface area contributed by atoms with Crippen LogP contribution in [-0.2, 0) is 6.42 Å². The third-order valence-electron chi connectivity index (χ3n) is 5.36. The number of benzene rings is 2. The summed E-state index contributed by atoms with van der Waals surface area (Å²) in [6, 6.07) is 18.3. The molecule has 0 aromatic heterocycles. The molecule has 1 heterocycles. The van der Waals surface area contributed by atoms with E-state index in [1.807, 2.05) is 12.1 Å². The summed E-state index contributed by atoms with van der Waals surface area (Å²) in [6.45, 7) is -0.645. The molecule has 1 aliphatic rings. The van der Waals surface area contributed by atoms with Crippen LogP contribution in [0.25, 0.3) is 11.1 Å². The molecule has 27 heavy (non-hydrogen) atoms. The van der Waals surface area contributed by atoms with E-state index >= 15 is 0 Å². The minimum Gasteiger partial charge on any atom is -0.435 e. The molecule has 0 N–H and O–H groups in total. The van der Waals surface area contributed by atoms with Crippen molar-refractivity contribution >= 4 is 8.80 Å². The molecular formula is C23H27F2OSi. The van der Waals surface area contributed by atoms with Gasteiger partial charge in [0, 0.05) is 0 Å². The fraction of sp³-hybridized carbons (Fsp3) is 0.391. The molecule has 0 bridgehead atoms. The van der Waals surface area contributed by atoms with E-state index in [4.69, 9.17) is 0 Å². The van der Waals surface area contributed by atoms with Gasteiger partial charge in [-0.05, 0) is 54.5 Å². The molecule has 1 fully saturated rings. The Kier molecular flexibility index (Phi) is 7.22. The first-order valence-electron chi connectivity index (χ1n) is 9.75. The summed E-state index contributed by atoms with van der Waals surface area (Å²) in [5.41, 5.74) is 5.94. The van der Waals surface area contributed by atoms with Crippen molar-refractivity contribution in [3.05, 3.63) is 65.9 Å². The number of allylic oxidation sites excluding steroid dienone is 1. The fourth-order valence-electron chi connectivity index (χ4n) is 3.80. The second kappa shape index (κ2) is 9.84. The lowest BCUT2D eigenvalue weighted by molar-refractivity contribution is -0.0498. The number of halogens is 2. The van der Waals surface area contributed by atoms with E-state index in [0.29, 0.717) is 0 Å². The van der Waals surface area contributed by atoms with Gasteiger partial charge < -0.3 is 4.74 Å². The van der Waals surface area contributed by atoms with Crippen LogP contribution >= 0.6 is 0 Å². The molecule has 0 aliphatic carbocycles. The van der Waals surface area contributed by atoms with Gasteiger partial charge in [0.2, 0.25) is 0 Å². The average molecular weight is 386 g/mol. The first kappa shape index (κ1) is 19.8. The number of ether oxygens (including phenoxy) is 1. The van der Waals surface area contributed by atoms with Crippen molar-refractivity contribution in [1.29, 1.82) is 0 Å². The molecule has 2 aromatic carbocycles. The number of hydrogen-bond donors (Lipinski definition) is 0. The average Bonchev–Trinajstić information content (AvgIpc) is 2.68. The standard InChI is InChI=1S/C23H27F2OSi/c1-2-15-27-16-13-19(14-17-27)4-3-18-5-7-20(8-6-18)21-9-11-22(12-10-21)26-23(24)25/h2,5-12,15,19,23H,3-4,13-14,16-17H2,1H3. The second-order valence-corrected chi connectivity index (χ2v) is 9.89. The van der Waals surface area contributed by atoms with Crippen LogP contribution in [0.15, 0.2) is 60.3 Å². The van der Waals surface area contributed by atoms with Gasteiger partial charge in [-0.15, -0.1) is 5.70 Å². The minimum atomic E-state index is -2.78. The predicted octanol–water partition coefficient (Wildman–Crippen LogP) is 6.91. The fourth-order valence-corrected chi connectivity index (χ4v) is 6.42. The smallest absolute Gasteiger partial charge is 0.387 e. The molecule has 143 valence electrons. The lowest BCUT2D eigenvalue weighted by atomic mass is 9.93. The van der Waals surface area contributed by atoms with Crippen LogP contribution in [0, 0.1) is 5.92 Å². The van der Waals surface area contributed by atoms with Crippen LogP contribution in [0.4, 0.5) is 8.78 Å². The van der Waals surface area contributed by atoms with E-state index in [-0.39, 0.29) is 14.5 Å². The van der Waals surface area contributed by atoms with Gasteiger partial charge in [0.25, 0.3) is 0 Å². The highest BCUT2D eigenvalue weighted by molar-refractivity contribution is 6.64. The van der Waals surface area contributed by atoms with Gasteiger partial charge in [-0.3, -0.25) is 0 Å². The number of alkyl halides is 2. The van der Waals surface area contributed by atoms with Crippen LogP contribution in [-0.4, -0.2) is 15.4 Å². The molecule has 2 aromatic rings. The zero-order chi connectivity index (χ0) is 19.1. The number of hydrogen-bond acceptors (Lipinski definition) is 1. The van der Waals surface area contributed by atoms with Crippen LogP contribution in [0.2, 0.25) is 12.1 Å². The lowest BCUT2D eigenvalue weighted by Gasteiger charge is -2.25. The van der Waals surface area contributed by atoms with Gasteiger partial charge in [-0.25, -0.2) is 0 Å². The zero-order valence-electron chi connectivity index (χ0n) is 15.8. The predicted molar refractivity (Wildman–Crippen MR) is 110 cm³/mol. The highest BCUT2D eigenvalue weighted by atomic mass is 28.3. The molecule has 1 aliphatic heterocycles. The van der Waals surface area contributed by atoms with Crippen molar-refractivity contribution < 1.29 is 13.5 Å². The SMILES string of the molecule is CC=C[Si]1CCC(CCc2ccc(-c3ccc(OC(F)F)cc3)cc2)CC1. The maximum atomic E-state index is 12.2. The van der Waals surface area contributed by atoms with E-state index in [9.17, 15) is 8.78 Å². The van der Waals surface area contributed by atoms with Crippen molar-refractivity contribution in [2.24, 2.45) is 5.92 Å². The summed E-state index contributed by atoms with van der Waals surface area (Å²) in [7, 11) is -0.190. The Morgan fingerprint density at radius 3 is 2.15 bits per heavy atom. The molecule has 1 saturated heterocycles. The molecular weight excluding hydrogens is 358 g/mol. The second-order valence-electron chi connectivity index (χ2n) is 7.24. The molecule has 0 unspecified atom stereocenters. The normalized spacial score (nSPS) is 16.3. The molecule has 0 atom stereocenters. The molecule has 1 radical (unpaired) electrons. The summed E-state index contributed by atoms with van der Waals surface area (Å²) in [4.78, 5) is 0. The van der Waals surface area contributed by atoms with Crippen LogP contribution < -0.4 is 4.74 Å². The quantitative estimate of drug-likeness (QED) is 0.471. The van der Waals surface area contributed by atoms with Crippen LogP contribution in [0.3, 0.4) is 0 Å². The summed E-state index contributed by atoms with van der Waals surface area (Å²) < 4.78 is 28.8. The van der Waals surface area contributed by atoms with Crippen molar-refractivity contribution in [3.63, 3.8) is 0 Å². The van der Waals surface area contributed by atoms with Gasteiger partial charge in [0.15, 0.2) is 0 Å². The minimum absolute atomic E-state index is 0.190. The zero-order valence-corrected chi connectivity index (χ0v) is 16.8. The van der Waals surface area contributed by atoms with Crippen molar-refractivity contribution in [2.45, 2.75) is 51.3 Å². The monoisotopic (exact) mass is 385 g/mol. The highest BCUT2D eigenvalue weighted by Gasteiger charge is 2.20. The highest BCUT2D eigenvalue weighted by Crippen LogP contribution is 2.30. The van der Waals surface area contributed by atoms with Crippen LogP contribution in [0.1, 0.15) is 31.7 Å². The molecule has 4 heteroatoms.